The van der Waals surface area contributed by atoms with Crippen LogP contribution in [-0.4, -0.2) is 42.3 Å². The van der Waals surface area contributed by atoms with Crippen molar-refractivity contribution in [2.24, 2.45) is 10.9 Å². The average Bonchev–Trinajstić information content (AvgIpc) is 3.24. The summed E-state index contributed by atoms with van der Waals surface area (Å²) in [5.74, 6) is 0.821. The molecule has 1 aromatic heterocycles. The number of nitrogens with zero attached hydrogens (tertiary/aromatic N) is 3. The molecule has 1 amide bonds. The molecule has 2 N–H and O–H groups in total. The molecule has 4 rings (SSSR count). The van der Waals surface area contributed by atoms with Crippen LogP contribution in [0.25, 0.3) is 11.0 Å². The molecule has 9 heteroatoms. The summed E-state index contributed by atoms with van der Waals surface area (Å²) in [7, 11) is -3.65. The molecule has 0 unspecified atom stereocenters. The molecule has 0 spiro atoms. The molecule has 0 bridgehead atoms. The number of fused-ring (bicyclic) bond motifs is 2. The van der Waals surface area contributed by atoms with Crippen LogP contribution in [-0.2, 0) is 21.4 Å². The van der Waals surface area contributed by atoms with Gasteiger partial charge >= 0.3 is 0 Å². The number of sulfonamides is 1. The van der Waals surface area contributed by atoms with Crippen molar-refractivity contribution in [3.63, 3.8) is 0 Å². The molecule has 0 saturated carbocycles. The van der Waals surface area contributed by atoms with Crippen LogP contribution in [0.3, 0.4) is 0 Å². The molecule has 8 nitrogen and oxygen atoms in total. The normalized spacial score (nSPS) is 17.7. The fourth-order valence-electron chi connectivity index (χ4n) is 3.91. The molecule has 32 heavy (non-hydrogen) atoms. The van der Waals surface area contributed by atoms with Crippen LogP contribution in [0.5, 0.6) is 0 Å². The Balaban J connectivity index is 1.52. The molecule has 0 radical (unpaired) electrons. The third-order valence-corrected chi connectivity index (χ3v) is 7.26. The summed E-state index contributed by atoms with van der Waals surface area (Å²) in [6, 6.07) is 13.8. The molecule has 3 aromatic rings. The Labute approximate surface area is 187 Å². The quantitative estimate of drug-likeness (QED) is 0.574. The highest BCUT2D eigenvalue weighted by atomic mass is 32.2. The molecule has 168 valence electrons. The number of para-hydroxylation sites is 2. The van der Waals surface area contributed by atoms with Crippen molar-refractivity contribution in [2.45, 2.75) is 44.7 Å². The number of carbonyl (C=O) groups is 1. The summed E-state index contributed by atoms with van der Waals surface area (Å²) in [5.41, 5.74) is 2.44. The minimum Gasteiger partial charge on any atom is -0.352 e. The third kappa shape index (κ3) is 4.12. The first-order chi connectivity index (χ1) is 15.3. The predicted octanol–water partition coefficient (Wildman–Crippen LogP) is 2.61. The van der Waals surface area contributed by atoms with Crippen LogP contribution < -0.4 is 10.0 Å². The van der Waals surface area contributed by atoms with E-state index in [0.29, 0.717) is 18.7 Å². The van der Waals surface area contributed by atoms with Gasteiger partial charge < -0.3 is 9.88 Å². The van der Waals surface area contributed by atoms with Crippen molar-refractivity contribution in [2.75, 3.05) is 6.54 Å². The number of hydrogen-bond acceptors (Lipinski definition) is 5. The van der Waals surface area contributed by atoms with Crippen molar-refractivity contribution >= 4 is 32.8 Å². The molecule has 1 aliphatic heterocycles. The van der Waals surface area contributed by atoms with E-state index in [0.717, 1.165) is 23.3 Å². The Hall–Kier alpha value is -3.20. The van der Waals surface area contributed by atoms with Gasteiger partial charge in [0.15, 0.2) is 0 Å². The first-order valence-corrected chi connectivity index (χ1v) is 12.2. The lowest BCUT2D eigenvalue weighted by Crippen LogP contribution is -2.40. The van der Waals surface area contributed by atoms with E-state index in [9.17, 15) is 13.2 Å². The van der Waals surface area contributed by atoms with E-state index in [1.54, 1.807) is 18.2 Å². The van der Waals surface area contributed by atoms with E-state index in [2.05, 4.69) is 24.6 Å². The Morgan fingerprint density at radius 1 is 1.19 bits per heavy atom. The molecule has 2 aromatic carbocycles. The Kier molecular flexibility index (Phi) is 6.01. The lowest BCUT2D eigenvalue weighted by Gasteiger charge is -2.19. The van der Waals surface area contributed by atoms with Crippen molar-refractivity contribution in [3.05, 3.63) is 59.9 Å². The van der Waals surface area contributed by atoms with E-state index in [1.165, 1.54) is 6.07 Å². The number of amidine groups is 1. The van der Waals surface area contributed by atoms with E-state index >= 15 is 0 Å². The maximum Gasteiger partial charge on any atom is 0.263 e. The summed E-state index contributed by atoms with van der Waals surface area (Å²) in [6.07, 6.45) is 0.731. The van der Waals surface area contributed by atoms with E-state index in [1.807, 2.05) is 45.0 Å². The highest BCUT2D eigenvalue weighted by molar-refractivity contribution is 7.90. The Morgan fingerprint density at radius 3 is 2.69 bits per heavy atom. The standard InChI is InChI=1S/C23H27N5O3S/c1-4-15(2)21(26-22-17-9-5-8-12-20(17)32(30,31)27-22)23(29)24-13-14-28-16(3)25-18-10-6-7-11-19(18)28/h5-12,15,21H,4,13-14H2,1-3H3,(H,24,29)(H,26,27)/t15-,21-/m0/s1. The SMILES string of the molecule is CC[C@H](C)[C@H](N=C1NS(=O)(=O)c2ccccc21)C(=O)NCCn1c(C)nc2ccccc21. The molecule has 1 aliphatic rings. The van der Waals surface area contributed by atoms with Crippen LogP contribution in [0, 0.1) is 12.8 Å². The van der Waals surface area contributed by atoms with Crippen LogP contribution in [0.15, 0.2) is 58.4 Å². The second kappa shape index (κ2) is 8.74. The van der Waals surface area contributed by atoms with Gasteiger partial charge in [0.05, 0.1) is 15.9 Å². The summed E-state index contributed by atoms with van der Waals surface area (Å²) < 4.78 is 29.4. The summed E-state index contributed by atoms with van der Waals surface area (Å²) in [5, 5.41) is 2.97. The summed E-state index contributed by atoms with van der Waals surface area (Å²) in [4.78, 5) is 22.4. The molecular formula is C23H27N5O3S. The number of aliphatic imine (C=N–C) groups is 1. The Morgan fingerprint density at radius 2 is 1.91 bits per heavy atom. The van der Waals surface area contributed by atoms with Gasteiger partial charge in [0, 0.05) is 18.7 Å². The molecule has 0 saturated heterocycles. The largest absolute Gasteiger partial charge is 0.352 e. The molecule has 0 aliphatic carbocycles. The van der Waals surface area contributed by atoms with Crippen LogP contribution in [0.1, 0.15) is 31.7 Å². The molecule has 0 fully saturated rings. The predicted molar refractivity (Wildman–Crippen MR) is 124 cm³/mol. The van der Waals surface area contributed by atoms with Crippen molar-refractivity contribution in [1.29, 1.82) is 0 Å². The first kappa shape index (κ1) is 22.0. The fraction of sp³-hybridized carbons (Fsp3) is 0.348. The minimum atomic E-state index is -3.65. The van der Waals surface area contributed by atoms with Gasteiger partial charge in [-0.25, -0.2) is 13.4 Å². The number of benzene rings is 2. The van der Waals surface area contributed by atoms with Gasteiger partial charge in [0.2, 0.25) is 5.91 Å². The van der Waals surface area contributed by atoms with E-state index in [4.69, 9.17) is 0 Å². The number of rotatable bonds is 7. The number of hydrogen-bond donors (Lipinski definition) is 2. The van der Waals surface area contributed by atoms with Gasteiger partial charge in [0.25, 0.3) is 10.0 Å². The second-order valence-electron chi connectivity index (χ2n) is 8.00. The summed E-state index contributed by atoms with van der Waals surface area (Å²) >= 11 is 0. The lowest BCUT2D eigenvalue weighted by atomic mass is 9.98. The monoisotopic (exact) mass is 453 g/mol. The number of amides is 1. The maximum absolute atomic E-state index is 13.1. The topological polar surface area (TPSA) is 105 Å². The van der Waals surface area contributed by atoms with Gasteiger partial charge in [-0.1, -0.05) is 44.5 Å². The number of aromatic nitrogens is 2. The van der Waals surface area contributed by atoms with E-state index < -0.39 is 16.1 Å². The number of imidazole rings is 1. The average molecular weight is 454 g/mol. The van der Waals surface area contributed by atoms with Crippen LogP contribution in [0.4, 0.5) is 0 Å². The number of nitrogens with one attached hydrogen (secondary N) is 2. The van der Waals surface area contributed by atoms with Gasteiger partial charge in [0.1, 0.15) is 17.7 Å². The molecule has 2 atom stereocenters. The first-order valence-electron chi connectivity index (χ1n) is 10.7. The number of aryl methyl sites for hydroxylation is 1. The van der Waals surface area contributed by atoms with E-state index in [-0.39, 0.29) is 22.6 Å². The number of carbonyl (C=O) groups excluding carboxylic acids is 1. The maximum atomic E-state index is 13.1. The third-order valence-electron chi connectivity index (χ3n) is 5.86. The van der Waals surface area contributed by atoms with Crippen LogP contribution >= 0.6 is 0 Å². The van der Waals surface area contributed by atoms with Gasteiger partial charge in [-0.3, -0.25) is 14.5 Å². The zero-order valence-corrected chi connectivity index (χ0v) is 19.2. The lowest BCUT2D eigenvalue weighted by molar-refractivity contribution is -0.123. The summed E-state index contributed by atoms with van der Waals surface area (Å²) in [6.45, 7) is 6.87. The van der Waals surface area contributed by atoms with Crippen molar-refractivity contribution in [1.82, 2.24) is 19.6 Å². The van der Waals surface area contributed by atoms with Gasteiger partial charge in [-0.2, -0.15) is 0 Å². The highest BCUT2D eigenvalue weighted by Crippen LogP contribution is 2.24. The minimum absolute atomic E-state index is 0.0597. The molecular weight excluding hydrogens is 426 g/mol. The van der Waals surface area contributed by atoms with Crippen molar-refractivity contribution in [3.8, 4) is 0 Å². The smallest absolute Gasteiger partial charge is 0.263 e. The molecule has 2 heterocycles. The zero-order valence-electron chi connectivity index (χ0n) is 18.4. The second-order valence-corrected chi connectivity index (χ2v) is 9.65. The zero-order chi connectivity index (χ0) is 22.9. The van der Waals surface area contributed by atoms with Crippen LogP contribution in [0.2, 0.25) is 0 Å². The highest BCUT2D eigenvalue weighted by Gasteiger charge is 2.33. The van der Waals surface area contributed by atoms with Crippen molar-refractivity contribution < 1.29 is 13.2 Å². The Bertz CT molecular complexity index is 1300. The van der Waals surface area contributed by atoms with Gasteiger partial charge in [-0.15, -0.1) is 0 Å². The van der Waals surface area contributed by atoms with Gasteiger partial charge in [-0.05, 0) is 37.1 Å². The fourth-order valence-corrected chi connectivity index (χ4v) is 5.15.